The van der Waals surface area contributed by atoms with Crippen molar-refractivity contribution in [3.63, 3.8) is 0 Å². The Morgan fingerprint density at radius 2 is 1.00 bits per heavy atom. The molecule has 192 valence electrons. The third-order valence-electron chi connectivity index (χ3n) is 6.08. The van der Waals surface area contributed by atoms with Gasteiger partial charge in [0.1, 0.15) is 0 Å². The van der Waals surface area contributed by atoms with Crippen LogP contribution in [0.15, 0.2) is 41.8 Å². The summed E-state index contributed by atoms with van der Waals surface area (Å²) in [5.74, 6) is 0. The second-order valence-electron chi connectivity index (χ2n) is 9.38. The van der Waals surface area contributed by atoms with Crippen LogP contribution in [-0.4, -0.2) is 13.0 Å². The molecule has 0 heterocycles. The van der Waals surface area contributed by atoms with Crippen LogP contribution in [0.1, 0.15) is 134 Å². The van der Waals surface area contributed by atoms with Gasteiger partial charge in [-0.1, -0.05) is 140 Å². The molecule has 0 spiro atoms. The molecule has 1 aromatic rings. The first kappa shape index (κ1) is 31.9. The minimum absolute atomic E-state index is 0.0666. The fourth-order valence-corrected chi connectivity index (χ4v) is 4.38. The van der Waals surface area contributed by atoms with E-state index in [-0.39, 0.29) is 4.90 Å². The van der Waals surface area contributed by atoms with Gasteiger partial charge in [0.05, 0.1) is 4.90 Å². The van der Waals surface area contributed by atoms with E-state index in [9.17, 15) is 8.42 Å². The molecule has 0 atom stereocenters. The van der Waals surface area contributed by atoms with E-state index in [1.54, 1.807) is 12.1 Å². The Morgan fingerprint density at radius 3 is 1.30 bits per heavy atom. The van der Waals surface area contributed by atoms with Crippen molar-refractivity contribution in [2.45, 2.75) is 141 Å². The highest BCUT2D eigenvalue weighted by Gasteiger charge is 2.06. The number of hydrogen-bond donors (Lipinski definition) is 1. The normalized spacial score (nSPS) is 11.1. The highest BCUT2D eigenvalue weighted by molar-refractivity contribution is 7.85. The summed E-state index contributed by atoms with van der Waals surface area (Å²) < 4.78 is 29.6. The van der Waals surface area contributed by atoms with Crippen molar-refractivity contribution >= 4 is 10.1 Å². The molecule has 1 N–H and O–H groups in total. The average Bonchev–Trinajstić information content (AvgIpc) is 2.78. The van der Waals surface area contributed by atoms with E-state index in [0.29, 0.717) is 0 Å². The van der Waals surface area contributed by atoms with Crippen LogP contribution >= 0.6 is 0 Å². The van der Waals surface area contributed by atoms with E-state index < -0.39 is 10.1 Å². The fraction of sp³-hybridized carbons (Fsp3) is 0.724. The van der Waals surface area contributed by atoms with E-state index in [2.05, 4.69) is 13.5 Å². The summed E-state index contributed by atoms with van der Waals surface area (Å²) in [5.41, 5.74) is 0.956. The molecular weight excluding hydrogens is 428 g/mol. The van der Waals surface area contributed by atoms with Crippen molar-refractivity contribution in [3.8, 4) is 0 Å². The monoisotopic (exact) mass is 480 g/mol. The van der Waals surface area contributed by atoms with Gasteiger partial charge in [-0.2, -0.15) is 8.42 Å². The first-order valence-corrected chi connectivity index (χ1v) is 15.0. The molecule has 4 heteroatoms. The van der Waals surface area contributed by atoms with Gasteiger partial charge < -0.3 is 0 Å². The van der Waals surface area contributed by atoms with Crippen molar-refractivity contribution in [2.75, 3.05) is 0 Å². The van der Waals surface area contributed by atoms with Gasteiger partial charge in [-0.15, -0.1) is 6.58 Å². The zero-order chi connectivity index (χ0) is 24.6. The summed E-state index contributed by atoms with van der Waals surface area (Å²) in [6.45, 7) is 7.91. The fourth-order valence-electron chi connectivity index (χ4n) is 3.90. The highest BCUT2D eigenvalue weighted by atomic mass is 32.2. The molecule has 0 saturated carbocycles. The lowest BCUT2D eigenvalue weighted by Crippen LogP contribution is -1.96. The van der Waals surface area contributed by atoms with Crippen LogP contribution in [0, 0.1) is 6.92 Å². The van der Waals surface area contributed by atoms with Crippen LogP contribution in [0.4, 0.5) is 0 Å². The zero-order valence-corrected chi connectivity index (χ0v) is 22.5. The van der Waals surface area contributed by atoms with Gasteiger partial charge in [-0.3, -0.25) is 4.55 Å². The smallest absolute Gasteiger partial charge is 0.282 e. The Balaban J connectivity index is 0.000000771. The molecule has 0 aliphatic heterocycles. The average molecular weight is 481 g/mol. The minimum atomic E-state index is -4.02. The van der Waals surface area contributed by atoms with E-state index in [1.807, 2.05) is 13.0 Å². The minimum Gasteiger partial charge on any atom is -0.282 e. The zero-order valence-electron chi connectivity index (χ0n) is 21.7. The van der Waals surface area contributed by atoms with E-state index in [1.165, 1.54) is 134 Å². The third kappa shape index (κ3) is 22.4. The maximum absolute atomic E-state index is 10.5. The Morgan fingerprint density at radius 1 is 0.667 bits per heavy atom. The topological polar surface area (TPSA) is 54.4 Å². The number of aryl methyl sites for hydroxylation is 1. The SMILES string of the molecule is C=CCCCCCCCCCCCCCCCCCCCC.Cc1ccc(S(=O)(=O)O)cc1. The van der Waals surface area contributed by atoms with Gasteiger partial charge in [0.15, 0.2) is 0 Å². The predicted molar refractivity (Wildman–Crippen MR) is 145 cm³/mol. The van der Waals surface area contributed by atoms with Crippen LogP contribution in [-0.2, 0) is 10.1 Å². The maximum Gasteiger partial charge on any atom is 0.294 e. The largest absolute Gasteiger partial charge is 0.294 e. The van der Waals surface area contributed by atoms with E-state index in [4.69, 9.17) is 4.55 Å². The maximum atomic E-state index is 10.5. The van der Waals surface area contributed by atoms with Crippen molar-refractivity contribution in [1.82, 2.24) is 0 Å². The quantitative estimate of drug-likeness (QED) is 0.115. The third-order valence-corrected chi connectivity index (χ3v) is 6.95. The number of rotatable bonds is 20. The van der Waals surface area contributed by atoms with Gasteiger partial charge in [-0.25, -0.2) is 0 Å². The first-order valence-electron chi connectivity index (χ1n) is 13.6. The van der Waals surface area contributed by atoms with Gasteiger partial charge in [0, 0.05) is 0 Å². The molecule has 0 radical (unpaired) electrons. The highest BCUT2D eigenvalue weighted by Crippen LogP contribution is 2.14. The molecule has 1 aromatic carbocycles. The lowest BCUT2D eigenvalue weighted by molar-refractivity contribution is 0.483. The molecule has 0 fully saturated rings. The van der Waals surface area contributed by atoms with Crippen molar-refractivity contribution < 1.29 is 13.0 Å². The molecule has 0 unspecified atom stereocenters. The van der Waals surface area contributed by atoms with Crippen LogP contribution in [0.3, 0.4) is 0 Å². The first-order chi connectivity index (χ1) is 15.9. The predicted octanol–water partition coefficient (Wildman–Crippen LogP) is 9.85. The lowest BCUT2D eigenvalue weighted by Gasteiger charge is -2.03. The summed E-state index contributed by atoms with van der Waals surface area (Å²) in [6, 6.07) is 5.99. The molecule has 1 rings (SSSR count). The summed E-state index contributed by atoms with van der Waals surface area (Å²) >= 11 is 0. The molecule has 33 heavy (non-hydrogen) atoms. The molecule has 0 amide bonds. The molecular formula is C29H52O3S. The van der Waals surface area contributed by atoms with Crippen molar-refractivity contribution in [2.24, 2.45) is 0 Å². The van der Waals surface area contributed by atoms with Gasteiger partial charge in [0.25, 0.3) is 10.1 Å². The van der Waals surface area contributed by atoms with Crippen molar-refractivity contribution in [3.05, 3.63) is 42.5 Å². The van der Waals surface area contributed by atoms with E-state index in [0.717, 1.165) is 5.56 Å². The molecule has 0 bridgehead atoms. The number of allylic oxidation sites excluding steroid dienone is 1. The summed E-state index contributed by atoms with van der Waals surface area (Å²) in [7, 11) is -4.02. The summed E-state index contributed by atoms with van der Waals surface area (Å²) in [6.07, 6.45) is 29.4. The second kappa shape index (κ2) is 22.7. The number of benzene rings is 1. The number of hydrogen-bond acceptors (Lipinski definition) is 2. The van der Waals surface area contributed by atoms with Crippen LogP contribution < -0.4 is 0 Å². The molecule has 0 aromatic heterocycles. The standard InChI is InChI=1S/C22H44.C7H8O3S/c1-3-5-7-9-11-13-15-17-19-21-22-20-18-16-14-12-10-8-6-4-2;1-6-2-4-7(5-3-6)11(8,9)10/h3H,1,4-22H2,2H3;2-5H,1H3,(H,8,9,10). The van der Waals surface area contributed by atoms with Crippen LogP contribution in [0.2, 0.25) is 0 Å². The summed E-state index contributed by atoms with van der Waals surface area (Å²) in [5, 5.41) is 0. The van der Waals surface area contributed by atoms with Gasteiger partial charge in [0.2, 0.25) is 0 Å². The van der Waals surface area contributed by atoms with Gasteiger partial charge in [-0.05, 0) is 31.9 Å². The Kier molecular flexibility index (Phi) is 21.9. The molecule has 0 aliphatic carbocycles. The molecule has 0 aliphatic rings. The Bertz CT molecular complexity index is 650. The van der Waals surface area contributed by atoms with Gasteiger partial charge >= 0.3 is 0 Å². The lowest BCUT2D eigenvalue weighted by atomic mass is 10.0. The molecule has 3 nitrogen and oxygen atoms in total. The van der Waals surface area contributed by atoms with E-state index >= 15 is 0 Å². The Labute approximate surface area is 206 Å². The summed E-state index contributed by atoms with van der Waals surface area (Å²) in [4.78, 5) is -0.0666. The van der Waals surface area contributed by atoms with Crippen LogP contribution in [0.5, 0.6) is 0 Å². The van der Waals surface area contributed by atoms with Crippen LogP contribution in [0.25, 0.3) is 0 Å². The number of unbranched alkanes of at least 4 members (excludes halogenated alkanes) is 18. The van der Waals surface area contributed by atoms with Crippen molar-refractivity contribution in [1.29, 1.82) is 0 Å². The second-order valence-corrected chi connectivity index (χ2v) is 10.8. The Hall–Kier alpha value is -1.13. The molecule has 0 saturated heterocycles.